The average molecular weight is 416 g/mol. The van der Waals surface area contributed by atoms with Crippen LogP contribution in [0.4, 0.5) is 0 Å². The first-order valence-corrected chi connectivity index (χ1v) is 6.87. The number of rotatable bonds is 5. The molecule has 0 aliphatic heterocycles. The van der Waals surface area contributed by atoms with Crippen LogP contribution < -0.4 is 10.1 Å². The summed E-state index contributed by atoms with van der Waals surface area (Å²) in [4.78, 5) is 10.2. The number of amides is 1. The first-order valence-electron chi connectivity index (χ1n) is 4.49. The number of carbonyl (C=O) groups is 1. The van der Waals surface area contributed by atoms with Crippen molar-refractivity contribution in [1.82, 2.24) is 5.32 Å². The summed E-state index contributed by atoms with van der Waals surface area (Å²) in [5.74, 6) is 0.754. The zero-order valence-corrected chi connectivity index (χ0v) is 13.3. The molecule has 0 radical (unpaired) electrons. The van der Waals surface area contributed by atoms with E-state index in [1.165, 1.54) is 0 Å². The van der Waals surface area contributed by atoms with Gasteiger partial charge in [0.25, 0.3) is 0 Å². The Balaban J connectivity index is 3.02. The third-order valence-corrected chi connectivity index (χ3v) is 4.17. The van der Waals surface area contributed by atoms with Crippen LogP contribution in [-0.2, 0) is 11.2 Å². The van der Waals surface area contributed by atoms with Crippen LogP contribution in [0.5, 0.6) is 5.75 Å². The monoisotopic (exact) mass is 413 g/mol. The van der Waals surface area contributed by atoms with Crippen molar-refractivity contribution in [2.45, 2.75) is 6.42 Å². The number of hydrogen-bond donors (Lipinski definition) is 1. The molecular formula is C10H10Br3NO2. The van der Waals surface area contributed by atoms with E-state index in [0.717, 1.165) is 31.2 Å². The van der Waals surface area contributed by atoms with Crippen LogP contribution in [0.3, 0.4) is 0 Å². The maximum absolute atomic E-state index is 10.2. The molecular weight excluding hydrogens is 406 g/mol. The van der Waals surface area contributed by atoms with Crippen LogP contribution in [0.25, 0.3) is 0 Å². The lowest BCUT2D eigenvalue weighted by atomic mass is 10.1. The Hall–Kier alpha value is -0.0700. The second kappa shape index (κ2) is 6.61. The fourth-order valence-corrected chi connectivity index (χ4v) is 4.12. The first kappa shape index (κ1) is 14.0. The lowest BCUT2D eigenvalue weighted by Gasteiger charge is -2.13. The summed E-state index contributed by atoms with van der Waals surface area (Å²) >= 11 is 10.4. The maximum atomic E-state index is 10.2. The van der Waals surface area contributed by atoms with Crippen molar-refractivity contribution in [3.8, 4) is 5.75 Å². The average Bonchev–Trinajstić information content (AvgIpc) is 2.23. The molecule has 0 spiro atoms. The highest BCUT2D eigenvalue weighted by Gasteiger charge is 2.14. The van der Waals surface area contributed by atoms with Crippen molar-refractivity contribution in [3.63, 3.8) is 0 Å². The first-order chi connectivity index (χ1) is 7.61. The predicted molar refractivity (Wildman–Crippen MR) is 73.9 cm³/mol. The fourth-order valence-electron chi connectivity index (χ4n) is 1.28. The van der Waals surface area contributed by atoms with Crippen molar-refractivity contribution in [1.29, 1.82) is 0 Å². The number of benzene rings is 1. The largest absolute Gasteiger partial charge is 0.494 e. The van der Waals surface area contributed by atoms with Gasteiger partial charge in [0, 0.05) is 11.0 Å². The normalized spacial score (nSPS) is 10.0. The Bertz CT molecular complexity index is 396. The highest BCUT2D eigenvalue weighted by molar-refractivity contribution is 9.11. The van der Waals surface area contributed by atoms with E-state index < -0.39 is 0 Å². The van der Waals surface area contributed by atoms with Gasteiger partial charge in [-0.15, -0.1) is 0 Å². The van der Waals surface area contributed by atoms with Crippen LogP contribution in [0.15, 0.2) is 19.5 Å². The highest BCUT2D eigenvalue weighted by atomic mass is 79.9. The van der Waals surface area contributed by atoms with Gasteiger partial charge >= 0.3 is 0 Å². The van der Waals surface area contributed by atoms with E-state index in [2.05, 4.69) is 53.1 Å². The van der Waals surface area contributed by atoms with E-state index >= 15 is 0 Å². The van der Waals surface area contributed by atoms with Gasteiger partial charge in [0.2, 0.25) is 6.41 Å². The summed E-state index contributed by atoms with van der Waals surface area (Å²) in [5, 5.41) is 2.63. The van der Waals surface area contributed by atoms with Crippen LogP contribution >= 0.6 is 47.8 Å². The Morgan fingerprint density at radius 3 is 2.62 bits per heavy atom. The molecule has 0 atom stereocenters. The van der Waals surface area contributed by atoms with E-state index in [9.17, 15) is 4.79 Å². The predicted octanol–water partition coefficient (Wildman–Crippen LogP) is 3.27. The Kier molecular flexibility index (Phi) is 5.78. The third kappa shape index (κ3) is 3.21. The van der Waals surface area contributed by atoms with Gasteiger partial charge in [0.15, 0.2) is 0 Å². The van der Waals surface area contributed by atoms with Gasteiger partial charge in [-0.1, -0.05) is 15.9 Å². The second-order valence-corrected chi connectivity index (χ2v) is 5.49. The molecule has 0 aliphatic rings. The van der Waals surface area contributed by atoms with Gasteiger partial charge in [-0.05, 0) is 49.9 Å². The molecule has 0 heterocycles. The topological polar surface area (TPSA) is 38.3 Å². The molecule has 0 fully saturated rings. The molecule has 1 aromatic rings. The summed E-state index contributed by atoms with van der Waals surface area (Å²) in [6, 6.07) is 1.93. The molecule has 1 rings (SSSR count). The number of carbonyl (C=O) groups excluding carboxylic acids is 1. The zero-order valence-electron chi connectivity index (χ0n) is 8.52. The van der Waals surface area contributed by atoms with Crippen LogP contribution in [0, 0.1) is 0 Å². The van der Waals surface area contributed by atoms with Crippen molar-refractivity contribution < 1.29 is 9.53 Å². The molecule has 16 heavy (non-hydrogen) atoms. The quantitative estimate of drug-likeness (QED) is 0.592. The van der Waals surface area contributed by atoms with E-state index in [1.807, 2.05) is 6.07 Å². The molecule has 0 saturated heterocycles. The molecule has 88 valence electrons. The van der Waals surface area contributed by atoms with E-state index in [1.54, 1.807) is 7.11 Å². The minimum absolute atomic E-state index is 0.589. The maximum Gasteiger partial charge on any atom is 0.207 e. The molecule has 6 heteroatoms. The Labute approximate surface area is 119 Å². The fraction of sp³-hybridized carbons (Fsp3) is 0.300. The van der Waals surface area contributed by atoms with Crippen molar-refractivity contribution in [3.05, 3.63) is 25.0 Å². The standard InChI is InChI=1S/C10H10Br3NO2/c1-16-10-8(12)4-7(11)6(9(10)13)2-3-14-5-15/h4-5H,2-3H2,1H3,(H,14,15). The van der Waals surface area contributed by atoms with Crippen LogP contribution in [0.1, 0.15) is 5.56 Å². The van der Waals surface area contributed by atoms with Gasteiger partial charge in [-0.2, -0.15) is 0 Å². The summed E-state index contributed by atoms with van der Waals surface area (Å²) in [7, 11) is 1.62. The minimum Gasteiger partial charge on any atom is -0.494 e. The molecule has 1 aromatic carbocycles. The second-order valence-electron chi connectivity index (χ2n) is 2.99. The molecule has 1 N–H and O–H groups in total. The van der Waals surface area contributed by atoms with Gasteiger partial charge in [-0.3, -0.25) is 4.79 Å². The summed E-state index contributed by atoms with van der Waals surface area (Å²) < 4.78 is 8.01. The van der Waals surface area contributed by atoms with Gasteiger partial charge in [0.1, 0.15) is 5.75 Å². The molecule has 0 unspecified atom stereocenters. The molecule has 0 bridgehead atoms. The SMILES string of the molecule is COc1c(Br)cc(Br)c(CCNC=O)c1Br. The molecule has 1 amide bonds. The van der Waals surface area contributed by atoms with Gasteiger partial charge in [0.05, 0.1) is 16.1 Å². The van der Waals surface area contributed by atoms with E-state index in [-0.39, 0.29) is 0 Å². The molecule has 0 saturated carbocycles. The van der Waals surface area contributed by atoms with Crippen molar-refractivity contribution in [2.75, 3.05) is 13.7 Å². The molecule has 0 aliphatic carbocycles. The minimum atomic E-state index is 0.589. The Morgan fingerprint density at radius 1 is 1.38 bits per heavy atom. The van der Waals surface area contributed by atoms with Gasteiger partial charge in [-0.25, -0.2) is 0 Å². The van der Waals surface area contributed by atoms with E-state index in [0.29, 0.717) is 13.0 Å². The smallest absolute Gasteiger partial charge is 0.207 e. The number of hydrogen-bond acceptors (Lipinski definition) is 2. The van der Waals surface area contributed by atoms with E-state index in [4.69, 9.17) is 4.74 Å². The lowest BCUT2D eigenvalue weighted by Crippen LogP contribution is -2.15. The van der Waals surface area contributed by atoms with Crippen molar-refractivity contribution >= 4 is 54.2 Å². The number of ether oxygens (including phenoxy) is 1. The number of methoxy groups -OCH3 is 1. The van der Waals surface area contributed by atoms with Crippen molar-refractivity contribution in [2.24, 2.45) is 0 Å². The highest BCUT2D eigenvalue weighted by Crippen LogP contribution is 2.40. The van der Waals surface area contributed by atoms with Crippen LogP contribution in [-0.4, -0.2) is 20.1 Å². The third-order valence-electron chi connectivity index (χ3n) is 2.03. The lowest BCUT2D eigenvalue weighted by molar-refractivity contribution is -0.109. The number of nitrogens with one attached hydrogen (secondary N) is 1. The molecule has 3 nitrogen and oxygen atoms in total. The van der Waals surface area contributed by atoms with Gasteiger partial charge < -0.3 is 10.1 Å². The molecule has 0 aromatic heterocycles. The summed E-state index contributed by atoms with van der Waals surface area (Å²) in [6.45, 7) is 0.589. The Morgan fingerprint density at radius 2 is 2.06 bits per heavy atom. The van der Waals surface area contributed by atoms with Crippen LogP contribution in [0.2, 0.25) is 0 Å². The number of halogens is 3. The summed E-state index contributed by atoms with van der Waals surface area (Å²) in [5.41, 5.74) is 1.06. The zero-order chi connectivity index (χ0) is 12.1. The summed E-state index contributed by atoms with van der Waals surface area (Å²) in [6.07, 6.45) is 1.42.